The van der Waals surface area contributed by atoms with E-state index >= 15 is 0 Å². The Morgan fingerprint density at radius 2 is 2.00 bits per heavy atom. The standard InChI is InChI=1S/C22H24N4O3/c1-28-19-5-2-4-17(14-19)22(27)24-18-7-8-21(23-15-18)26-11-9-25(10-12-26)16-20-6-3-13-29-20/h2-8,13-15H,9-12,16H2,1H3,(H,24,27). The second-order valence-corrected chi connectivity index (χ2v) is 6.93. The molecule has 4 rings (SSSR count). The molecule has 0 bridgehead atoms. The number of ether oxygens (including phenoxy) is 1. The van der Waals surface area contributed by atoms with Gasteiger partial charge in [0, 0.05) is 31.7 Å². The highest BCUT2D eigenvalue weighted by Gasteiger charge is 2.19. The van der Waals surface area contributed by atoms with Crippen LogP contribution in [0.1, 0.15) is 16.1 Å². The van der Waals surface area contributed by atoms with Crippen LogP contribution in [0.2, 0.25) is 0 Å². The second kappa shape index (κ2) is 8.79. The smallest absolute Gasteiger partial charge is 0.255 e. The number of benzene rings is 1. The molecule has 0 atom stereocenters. The van der Waals surface area contributed by atoms with Crippen molar-refractivity contribution in [3.05, 3.63) is 72.3 Å². The number of aromatic nitrogens is 1. The maximum atomic E-state index is 12.4. The lowest BCUT2D eigenvalue weighted by Crippen LogP contribution is -2.46. The fraction of sp³-hybridized carbons (Fsp3) is 0.273. The van der Waals surface area contributed by atoms with Gasteiger partial charge >= 0.3 is 0 Å². The first kappa shape index (κ1) is 19.0. The summed E-state index contributed by atoms with van der Waals surface area (Å²) in [6.45, 7) is 4.56. The molecule has 1 fully saturated rings. The molecular formula is C22H24N4O3. The quantitative estimate of drug-likeness (QED) is 0.694. The summed E-state index contributed by atoms with van der Waals surface area (Å²) in [4.78, 5) is 21.6. The molecule has 1 saturated heterocycles. The first-order chi connectivity index (χ1) is 14.2. The molecule has 150 valence electrons. The lowest BCUT2D eigenvalue weighted by molar-refractivity contribution is 0.102. The van der Waals surface area contributed by atoms with Gasteiger partial charge in [0.25, 0.3) is 5.91 Å². The zero-order valence-electron chi connectivity index (χ0n) is 16.4. The van der Waals surface area contributed by atoms with Crippen LogP contribution in [0.5, 0.6) is 5.75 Å². The first-order valence-corrected chi connectivity index (χ1v) is 9.62. The van der Waals surface area contributed by atoms with Crippen molar-refractivity contribution in [2.24, 2.45) is 0 Å². The molecule has 1 aliphatic heterocycles. The number of furan rings is 1. The van der Waals surface area contributed by atoms with Gasteiger partial charge in [-0.15, -0.1) is 0 Å². The minimum absolute atomic E-state index is 0.190. The van der Waals surface area contributed by atoms with Gasteiger partial charge in [-0.3, -0.25) is 9.69 Å². The van der Waals surface area contributed by atoms with Crippen molar-refractivity contribution in [1.82, 2.24) is 9.88 Å². The van der Waals surface area contributed by atoms with Gasteiger partial charge in [-0.05, 0) is 42.5 Å². The minimum Gasteiger partial charge on any atom is -0.497 e. The number of carbonyl (C=O) groups excluding carboxylic acids is 1. The molecule has 1 amide bonds. The Balaban J connectivity index is 1.31. The van der Waals surface area contributed by atoms with E-state index in [1.807, 2.05) is 30.3 Å². The SMILES string of the molecule is COc1cccc(C(=O)Nc2ccc(N3CCN(Cc4ccco4)CC3)nc2)c1. The molecule has 7 heteroatoms. The number of carbonyl (C=O) groups is 1. The topological polar surface area (TPSA) is 70.8 Å². The van der Waals surface area contributed by atoms with Crippen LogP contribution in [0.25, 0.3) is 0 Å². The average molecular weight is 392 g/mol. The number of piperazine rings is 1. The van der Waals surface area contributed by atoms with Crippen molar-refractivity contribution >= 4 is 17.4 Å². The van der Waals surface area contributed by atoms with Gasteiger partial charge < -0.3 is 19.4 Å². The first-order valence-electron chi connectivity index (χ1n) is 9.62. The van der Waals surface area contributed by atoms with Crippen molar-refractivity contribution in [1.29, 1.82) is 0 Å². The highest BCUT2D eigenvalue weighted by Crippen LogP contribution is 2.19. The van der Waals surface area contributed by atoms with E-state index in [-0.39, 0.29) is 5.91 Å². The lowest BCUT2D eigenvalue weighted by Gasteiger charge is -2.35. The predicted octanol–water partition coefficient (Wildman–Crippen LogP) is 3.26. The molecule has 0 aliphatic carbocycles. The van der Waals surface area contributed by atoms with E-state index < -0.39 is 0 Å². The molecule has 0 unspecified atom stereocenters. The van der Waals surface area contributed by atoms with Gasteiger partial charge in [-0.2, -0.15) is 0 Å². The van der Waals surface area contributed by atoms with E-state index in [4.69, 9.17) is 9.15 Å². The van der Waals surface area contributed by atoms with Crippen molar-refractivity contribution in [2.45, 2.75) is 6.54 Å². The number of nitrogens with one attached hydrogen (secondary N) is 1. The van der Waals surface area contributed by atoms with Crippen molar-refractivity contribution in [3.8, 4) is 5.75 Å². The molecule has 1 N–H and O–H groups in total. The highest BCUT2D eigenvalue weighted by atomic mass is 16.5. The fourth-order valence-electron chi connectivity index (χ4n) is 3.37. The van der Waals surface area contributed by atoms with E-state index in [0.717, 1.165) is 44.3 Å². The summed E-state index contributed by atoms with van der Waals surface area (Å²) in [7, 11) is 1.58. The third kappa shape index (κ3) is 4.75. The second-order valence-electron chi connectivity index (χ2n) is 6.93. The van der Waals surface area contributed by atoms with Crippen LogP contribution in [0, 0.1) is 0 Å². The Kier molecular flexibility index (Phi) is 5.76. The maximum Gasteiger partial charge on any atom is 0.255 e. The minimum atomic E-state index is -0.190. The van der Waals surface area contributed by atoms with Crippen LogP contribution >= 0.6 is 0 Å². The average Bonchev–Trinajstić information content (AvgIpc) is 3.28. The molecular weight excluding hydrogens is 368 g/mol. The monoisotopic (exact) mass is 392 g/mol. The summed E-state index contributed by atoms with van der Waals surface area (Å²) in [6.07, 6.45) is 3.41. The molecule has 0 saturated carbocycles. The van der Waals surface area contributed by atoms with Gasteiger partial charge in [0.2, 0.25) is 0 Å². The van der Waals surface area contributed by atoms with Crippen LogP contribution in [0.4, 0.5) is 11.5 Å². The summed E-state index contributed by atoms with van der Waals surface area (Å²) in [5.41, 5.74) is 1.21. The summed E-state index contributed by atoms with van der Waals surface area (Å²) >= 11 is 0. The number of nitrogens with zero attached hydrogens (tertiary/aromatic N) is 3. The van der Waals surface area contributed by atoms with Crippen LogP contribution in [0.3, 0.4) is 0 Å². The molecule has 0 spiro atoms. The number of methoxy groups -OCH3 is 1. The Morgan fingerprint density at radius 3 is 2.69 bits per heavy atom. The van der Waals surface area contributed by atoms with Crippen LogP contribution in [0.15, 0.2) is 65.4 Å². The number of anilines is 2. The molecule has 1 aliphatic rings. The van der Waals surface area contributed by atoms with Gasteiger partial charge in [0.15, 0.2) is 0 Å². The van der Waals surface area contributed by atoms with Gasteiger partial charge in [-0.25, -0.2) is 4.98 Å². The van der Waals surface area contributed by atoms with E-state index in [1.165, 1.54) is 0 Å². The molecule has 3 aromatic rings. The van der Waals surface area contributed by atoms with Crippen LogP contribution in [-0.4, -0.2) is 49.1 Å². The normalized spacial score (nSPS) is 14.6. The zero-order valence-corrected chi connectivity index (χ0v) is 16.4. The Morgan fingerprint density at radius 1 is 1.14 bits per heavy atom. The molecule has 29 heavy (non-hydrogen) atoms. The number of amides is 1. The third-order valence-electron chi connectivity index (χ3n) is 4.99. The Labute approximate surface area is 169 Å². The van der Waals surface area contributed by atoms with Gasteiger partial charge in [0.1, 0.15) is 17.3 Å². The molecule has 2 aromatic heterocycles. The molecule has 0 radical (unpaired) electrons. The maximum absolute atomic E-state index is 12.4. The predicted molar refractivity (Wildman–Crippen MR) is 111 cm³/mol. The summed E-state index contributed by atoms with van der Waals surface area (Å²) in [5, 5.41) is 2.88. The number of rotatable bonds is 6. The Hall–Kier alpha value is -3.32. The summed E-state index contributed by atoms with van der Waals surface area (Å²) < 4.78 is 10.6. The van der Waals surface area contributed by atoms with Gasteiger partial charge in [-0.1, -0.05) is 6.07 Å². The molecule has 7 nitrogen and oxygen atoms in total. The molecule has 1 aromatic carbocycles. The number of hydrogen-bond donors (Lipinski definition) is 1. The van der Waals surface area contributed by atoms with Crippen LogP contribution in [-0.2, 0) is 6.54 Å². The summed E-state index contributed by atoms with van der Waals surface area (Å²) in [5.74, 6) is 2.37. The fourth-order valence-corrected chi connectivity index (χ4v) is 3.37. The van der Waals surface area contributed by atoms with Crippen LogP contribution < -0.4 is 15.0 Å². The highest BCUT2D eigenvalue weighted by molar-refractivity contribution is 6.04. The van der Waals surface area contributed by atoms with Crippen molar-refractivity contribution < 1.29 is 13.9 Å². The lowest BCUT2D eigenvalue weighted by atomic mass is 10.2. The Bertz CT molecular complexity index is 933. The van der Waals surface area contributed by atoms with Crippen molar-refractivity contribution in [2.75, 3.05) is 43.5 Å². The van der Waals surface area contributed by atoms with E-state index in [0.29, 0.717) is 17.0 Å². The van der Waals surface area contributed by atoms with E-state index in [2.05, 4.69) is 20.1 Å². The third-order valence-corrected chi connectivity index (χ3v) is 4.99. The largest absolute Gasteiger partial charge is 0.497 e. The van der Waals surface area contributed by atoms with E-state index in [9.17, 15) is 4.79 Å². The number of hydrogen-bond acceptors (Lipinski definition) is 6. The van der Waals surface area contributed by atoms with Gasteiger partial charge in [0.05, 0.1) is 31.8 Å². The molecule has 3 heterocycles. The van der Waals surface area contributed by atoms with Crippen molar-refractivity contribution in [3.63, 3.8) is 0 Å². The number of pyridine rings is 1. The summed E-state index contributed by atoms with van der Waals surface area (Å²) in [6, 6.07) is 14.8. The zero-order chi connectivity index (χ0) is 20.1. The van der Waals surface area contributed by atoms with E-state index in [1.54, 1.807) is 37.8 Å².